The van der Waals surface area contributed by atoms with Crippen LogP contribution in [0.3, 0.4) is 0 Å². The summed E-state index contributed by atoms with van der Waals surface area (Å²) in [4.78, 5) is 12.8. The van der Waals surface area contributed by atoms with Gasteiger partial charge in [-0.05, 0) is 30.7 Å². The van der Waals surface area contributed by atoms with Crippen molar-refractivity contribution in [3.05, 3.63) is 35.9 Å². The Kier molecular flexibility index (Phi) is 5.24. The van der Waals surface area contributed by atoms with Crippen LogP contribution < -0.4 is 10.2 Å². The van der Waals surface area contributed by atoms with Crippen LogP contribution in [0.1, 0.15) is 13.3 Å². The molecule has 0 saturated heterocycles. The summed E-state index contributed by atoms with van der Waals surface area (Å²) < 4.78 is 0. The Morgan fingerprint density at radius 1 is 1.33 bits per heavy atom. The van der Waals surface area contributed by atoms with Crippen LogP contribution in [0.15, 0.2) is 35.9 Å². The Morgan fingerprint density at radius 2 is 1.94 bits per heavy atom. The first-order valence-corrected chi connectivity index (χ1v) is 5.98. The van der Waals surface area contributed by atoms with Crippen molar-refractivity contribution in [1.82, 2.24) is 0 Å². The highest BCUT2D eigenvalue weighted by molar-refractivity contribution is 5.86. The number of anilines is 2. The van der Waals surface area contributed by atoms with Gasteiger partial charge in [-0.25, -0.2) is 4.79 Å². The van der Waals surface area contributed by atoms with E-state index in [4.69, 9.17) is 5.11 Å². The summed E-state index contributed by atoms with van der Waals surface area (Å²) in [7, 11) is 3.98. The number of aliphatic carboxylic acids is 1. The predicted molar refractivity (Wildman–Crippen MR) is 75.3 cm³/mol. The largest absolute Gasteiger partial charge is 0.478 e. The SMILES string of the molecule is CC/C(=C/CNc1ccc(N(C)C)cc1)C(=O)O. The Bertz CT molecular complexity index is 422. The molecule has 0 atom stereocenters. The van der Waals surface area contributed by atoms with Crippen LogP contribution in [0.4, 0.5) is 11.4 Å². The maximum absolute atomic E-state index is 10.8. The molecule has 1 aromatic carbocycles. The molecule has 0 aromatic heterocycles. The van der Waals surface area contributed by atoms with Crippen molar-refractivity contribution >= 4 is 17.3 Å². The lowest BCUT2D eigenvalue weighted by molar-refractivity contribution is -0.132. The van der Waals surface area contributed by atoms with Crippen LogP contribution in [-0.4, -0.2) is 31.7 Å². The number of rotatable bonds is 6. The van der Waals surface area contributed by atoms with Crippen molar-refractivity contribution in [2.24, 2.45) is 0 Å². The maximum Gasteiger partial charge on any atom is 0.331 e. The number of nitrogens with zero attached hydrogens (tertiary/aromatic N) is 1. The molecular weight excluding hydrogens is 228 g/mol. The van der Waals surface area contributed by atoms with E-state index < -0.39 is 5.97 Å². The van der Waals surface area contributed by atoms with Crippen LogP contribution in [0.5, 0.6) is 0 Å². The minimum atomic E-state index is -0.845. The highest BCUT2D eigenvalue weighted by Gasteiger charge is 2.02. The fraction of sp³-hybridized carbons (Fsp3) is 0.357. The van der Waals surface area contributed by atoms with E-state index in [9.17, 15) is 4.79 Å². The van der Waals surface area contributed by atoms with E-state index >= 15 is 0 Å². The second kappa shape index (κ2) is 6.69. The third-order valence-corrected chi connectivity index (χ3v) is 2.69. The molecule has 0 aliphatic rings. The molecule has 0 radical (unpaired) electrons. The molecule has 2 N–H and O–H groups in total. The van der Waals surface area contributed by atoms with Gasteiger partial charge in [0.15, 0.2) is 0 Å². The third-order valence-electron chi connectivity index (χ3n) is 2.69. The minimum Gasteiger partial charge on any atom is -0.478 e. The van der Waals surface area contributed by atoms with Gasteiger partial charge in [-0.15, -0.1) is 0 Å². The number of carbonyl (C=O) groups is 1. The molecule has 18 heavy (non-hydrogen) atoms. The van der Waals surface area contributed by atoms with E-state index in [1.165, 1.54) is 0 Å². The summed E-state index contributed by atoms with van der Waals surface area (Å²) in [6.45, 7) is 2.36. The molecule has 0 saturated carbocycles. The number of nitrogens with one attached hydrogen (secondary N) is 1. The summed E-state index contributed by atoms with van der Waals surface area (Å²) in [5.41, 5.74) is 2.56. The Balaban J connectivity index is 2.56. The molecule has 4 heteroatoms. The zero-order chi connectivity index (χ0) is 13.5. The molecule has 1 rings (SSSR count). The molecule has 0 unspecified atom stereocenters. The molecule has 0 aliphatic heterocycles. The highest BCUT2D eigenvalue weighted by atomic mass is 16.4. The number of benzene rings is 1. The monoisotopic (exact) mass is 248 g/mol. The standard InChI is InChI=1S/C14H20N2O2/c1-4-11(14(17)18)9-10-15-12-5-7-13(8-6-12)16(2)3/h5-9,15H,4,10H2,1-3H3,(H,17,18)/b11-9-. The lowest BCUT2D eigenvalue weighted by Gasteiger charge is -2.13. The Morgan fingerprint density at radius 3 is 2.39 bits per heavy atom. The summed E-state index contributed by atoms with van der Waals surface area (Å²) in [5, 5.41) is 12.0. The summed E-state index contributed by atoms with van der Waals surface area (Å²) in [6, 6.07) is 8.00. The zero-order valence-electron chi connectivity index (χ0n) is 11.1. The van der Waals surface area contributed by atoms with Gasteiger partial charge >= 0.3 is 5.97 Å². The summed E-state index contributed by atoms with van der Waals surface area (Å²) in [6.07, 6.45) is 2.25. The van der Waals surface area contributed by atoms with E-state index in [-0.39, 0.29) is 0 Å². The number of carboxylic acid groups (broad SMARTS) is 1. The number of hydrogen-bond donors (Lipinski definition) is 2. The van der Waals surface area contributed by atoms with Crippen molar-refractivity contribution in [3.8, 4) is 0 Å². The second-order valence-corrected chi connectivity index (χ2v) is 4.21. The summed E-state index contributed by atoms with van der Waals surface area (Å²) in [5.74, 6) is -0.845. The first kappa shape index (κ1) is 14.1. The van der Waals surface area contributed by atoms with E-state index in [1.807, 2.05) is 50.2 Å². The molecular formula is C14H20N2O2. The van der Waals surface area contributed by atoms with Gasteiger partial charge in [0.25, 0.3) is 0 Å². The molecule has 0 amide bonds. The summed E-state index contributed by atoms with van der Waals surface area (Å²) >= 11 is 0. The molecule has 0 heterocycles. The van der Waals surface area contributed by atoms with Crippen LogP contribution in [-0.2, 0) is 4.79 Å². The maximum atomic E-state index is 10.8. The van der Waals surface area contributed by atoms with Gasteiger partial charge in [-0.1, -0.05) is 13.0 Å². The van der Waals surface area contributed by atoms with Crippen LogP contribution in [0, 0.1) is 0 Å². The smallest absolute Gasteiger partial charge is 0.331 e. The van der Waals surface area contributed by atoms with Crippen molar-refractivity contribution in [3.63, 3.8) is 0 Å². The Labute approximate surface area is 108 Å². The molecule has 4 nitrogen and oxygen atoms in total. The van der Waals surface area contributed by atoms with Gasteiger partial charge in [-0.2, -0.15) is 0 Å². The predicted octanol–water partition coefficient (Wildman–Crippen LogP) is 2.59. The normalized spacial score (nSPS) is 11.2. The van der Waals surface area contributed by atoms with Gasteiger partial charge in [0.2, 0.25) is 0 Å². The second-order valence-electron chi connectivity index (χ2n) is 4.21. The average Bonchev–Trinajstić information content (AvgIpc) is 2.34. The molecule has 0 spiro atoms. The van der Waals surface area contributed by atoms with E-state index in [0.717, 1.165) is 11.4 Å². The number of hydrogen-bond acceptors (Lipinski definition) is 3. The lowest BCUT2D eigenvalue weighted by Crippen LogP contribution is -2.08. The Hall–Kier alpha value is -1.97. The third kappa shape index (κ3) is 4.13. The van der Waals surface area contributed by atoms with Crippen LogP contribution >= 0.6 is 0 Å². The number of carboxylic acids is 1. The molecule has 98 valence electrons. The first-order chi connectivity index (χ1) is 8.54. The first-order valence-electron chi connectivity index (χ1n) is 5.98. The molecule has 0 aliphatic carbocycles. The molecule has 1 aromatic rings. The van der Waals surface area contributed by atoms with Gasteiger partial charge < -0.3 is 15.3 Å². The topological polar surface area (TPSA) is 52.6 Å². The van der Waals surface area contributed by atoms with Crippen molar-refractivity contribution < 1.29 is 9.90 Å². The van der Waals surface area contributed by atoms with E-state index in [0.29, 0.717) is 18.5 Å². The van der Waals surface area contributed by atoms with Crippen molar-refractivity contribution in [2.45, 2.75) is 13.3 Å². The van der Waals surface area contributed by atoms with Gasteiger partial charge in [0.05, 0.1) is 0 Å². The average molecular weight is 248 g/mol. The van der Waals surface area contributed by atoms with Crippen molar-refractivity contribution in [2.75, 3.05) is 30.9 Å². The lowest BCUT2D eigenvalue weighted by atomic mass is 10.2. The molecule has 0 fully saturated rings. The highest BCUT2D eigenvalue weighted by Crippen LogP contribution is 2.15. The van der Waals surface area contributed by atoms with Crippen LogP contribution in [0.25, 0.3) is 0 Å². The zero-order valence-corrected chi connectivity index (χ0v) is 11.1. The van der Waals surface area contributed by atoms with Gasteiger partial charge in [-0.3, -0.25) is 0 Å². The fourth-order valence-corrected chi connectivity index (χ4v) is 1.55. The quantitative estimate of drug-likeness (QED) is 0.760. The van der Waals surface area contributed by atoms with Crippen LogP contribution in [0.2, 0.25) is 0 Å². The van der Waals surface area contributed by atoms with Gasteiger partial charge in [0, 0.05) is 37.6 Å². The fourth-order valence-electron chi connectivity index (χ4n) is 1.55. The van der Waals surface area contributed by atoms with E-state index in [1.54, 1.807) is 6.08 Å². The van der Waals surface area contributed by atoms with E-state index in [2.05, 4.69) is 5.32 Å². The van der Waals surface area contributed by atoms with Gasteiger partial charge in [0.1, 0.15) is 0 Å². The molecule has 0 bridgehead atoms. The minimum absolute atomic E-state index is 0.437. The van der Waals surface area contributed by atoms with Crippen molar-refractivity contribution in [1.29, 1.82) is 0 Å².